The van der Waals surface area contributed by atoms with Crippen LogP contribution in [-0.4, -0.2) is 39.1 Å². The molecule has 2 atom stereocenters. The molecule has 0 bridgehead atoms. The number of anilines is 1. The summed E-state index contributed by atoms with van der Waals surface area (Å²) in [4.78, 5) is 19.7. The molecule has 4 aromatic rings. The average molecular weight is 540 g/mol. The molecule has 1 amide bonds. The molecule has 7 nitrogen and oxygen atoms in total. The molecule has 0 spiro atoms. The molecule has 1 saturated heterocycles. The van der Waals surface area contributed by atoms with Crippen molar-refractivity contribution < 1.29 is 9.53 Å². The normalized spacial score (nSPS) is 16.7. The van der Waals surface area contributed by atoms with Crippen LogP contribution < -0.4 is 15.4 Å². The minimum absolute atomic E-state index is 0.0523. The molecule has 3 heterocycles. The highest BCUT2D eigenvalue weighted by Gasteiger charge is 2.41. The molecular formula is C31H33N5O2S. The molecule has 1 aliphatic rings. The summed E-state index contributed by atoms with van der Waals surface area (Å²) < 4.78 is 7.71. The van der Waals surface area contributed by atoms with E-state index in [1.165, 1.54) is 0 Å². The Morgan fingerprint density at radius 2 is 1.85 bits per heavy atom. The number of hydrogen-bond acceptors (Lipinski definition) is 4. The number of nitrogens with zero attached hydrogens (tertiary/aromatic N) is 3. The Balaban J connectivity index is 1.47. The predicted molar refractivity (Wildman–Crippen MR) is 158 cm³/mol. The maximum absolute atomic E-state index is 12.9. The first kappa shape index (κ1) is 26.4. The molecule has 0 radical (unpaired) electrons. The number of pyridine rings is 1. The zero-order chi connectivity index (χ0) is 27.5. The number of amides is 1. The Bertz CT molecular complexity index is 1480. The van der Waals surface area contributed by atoms with Gasteiger partial charge in [0.1, 0.15) is 5.75 Å². The molecule has 200 valence electrons. The SMILES string of the molecule is COc1cccc(-n2c(C)cc([C@@H]3[C@@H](c4ccccn4)NC(=S)N3CCC(=O)Nc3ccc(C)cc3)c2C)c1. The zero-order valence-corrected chi connectivity index (χ0v) is 23.5. The fraction of sp³-hybridized carbons (Fsp3) is 0.258. The third-order valence-electron chi connectivity index (χ3n) is 7.21. The van der Waals surface area contributed by atoms with Crippen molar-refractivity contribution in [2.24, 2.45) is 0 Å². The fourth-order valence-corrected chi connectivity index (χ4v) is 5.63. The van der Waals surface area contributed by atoms with Crippen molar-refractivity contribution in [3.05, 3.63) is 107 Å². The highest BCUT2D eigenvalue weighted by Crippen LogP contribution is 2.41. The average Bonchev–Trinajstić information content (AvgIpc) is 3.43. The van der Waals surface area contributed by atoms with Gasteiger partial charge in [-0.3, -0.25) is 9.78 Å². The van der Waals surface area contributed by atoms with Gasteiger partial charge in [0.25, 0.3) is 0 Å². The molecule has 0 saturated carbocycles. The number of rotatable bonds is 8. The van der Waals surface area contributed by atoms with Gasteiger partial charge in [0, 0.05) is 48.0 Å². The first-order chi connectivity index (χ1) is 18.9. The van der Waals surface area contributed by atoms with E-state index < -0.39 is 0 Å². The minimum atomic E-state index is -0.155. The van der Waals surface area contributed by atoms with Crippen LogP contribution in [0.1, 0.15) is 46.7 Å². The topological polar surface area (TPSA) is 71.4 Å². The Morgan fingerprint density at radius 1 is 1.05 bits per heavy atom. The van der Waals surface area contributed by atoms with Crippen LogP contribution in [0.25, 0.3) is 5.69 Å². The summed E-state index contributed by atoms with van der Waals surface area (Å²) >= 11 is 5.83. The zero-order valence-electron chi connectivity index (χ0n) is 22.6. The van der Waals surface area contributed by atoms with Crippen molar-refractivity contribution in [2.75, 3.05) is 19.0 Å². The quantitative estimate of drug-likeness (QED) is 0.276. The van der Waals surface area contributed by atoms with E-state index in [4.69, 9.17) is 17.0 Å². The van der Waals surface area contributed by atoms with E-state index in [2.05, 4.69) is 51.1 Å². The smallest absolute Gasteiger partial charge is 0.226 e. The van der Waals surface area contributed by atoms with Crippen molar-refractivity contribution in [3.63, 3.8) is 0 Å². The lowest BCUT2D eigenvalue weighted by Gasteiger charge is -2.28. The third kappa shape index (κ3) is 5.52. The van der Waals surface area contributed by atoms with E-state index in [0.29, 0.717) is 18.1 Å². The standard InChI is InChI=1S/C31H33N5O2S/c1-20-11-13-23(14-12-20)33-28(37)15-17-35-30(29(34-31(35)39)27-10-5-6-16-32-27)26-18-21(2)36(22(26)3)24-8-7-9-25(19-24)38-4/h5-14,16,18-19,29-30H,15,17H2,1-4H3,(H,33,37)(H,34,39)/t29-,30-/m1/s1. The number of carbonyl (C=O) groups is 1. The van der Waals surface area contributed by atoms with Gasteiger partial charge >= 0.3 is 0 Å². The molecule has 0 unspecified atom stereocenters. The number of ether oxygens (including phenoxy) is 1. The van der Waals surface area contributed by atoms with Crippen LogP contribution in [0.15, 0.2) is 79.0 Å². The van der Waals surface area contributed by atoms with E-state index in [9.17, 15) is 4.79 Å². The van der Waals surface area contributed by atoms with Gasteiger partial charge in [0.2, 0.25) is 5.91 Å². The number of thiocarbonyl (C=S) groups is 1. The first-order valence-corrected chi connectivity index (χ1v) is 13.4. The van der Waals surface area contributed by atoms with E-state index >= 15 is 0 Å². The lowest BCUT2D eigenvalue weighted by atomic mass is 9.96. The summed E-state index contributed by atoms with van der Waals surface area (Å²) in [7, 11) is 1.68. The monoisotopic (exact) mass is 539 g/mol. The predicted octanol–water partition coefficient (Wildman–Crippen LogP) is 5.81. The molecule has 39 heavy (non-hydrogen) atoms. The van der Waals surface area contributed by atoms with Crippen molar-refractivity contribution in [1.82, 2.24) is 19.8 Å². The Kier molecular flexibility index (Phi) is 7.65. The summed E-state index contributed by atoms with van der Waals surface area (Å²) in [6.45, 7) is 6.73. The van der Waals surface area contributed by atoms with Gasteiger partial charge in [-0.05, 0) is 81.0 Å². The van der Waals surface area contributed by atoms with Crippen LogP contribution in [-0.2, 0) is 4.79 Å². The Hall–Kier alpha value is -4.17. The number of benzene rings is 2. The van der Waals surface area contributed by atoms with E-state index in [1.54, 1.807) is 13.3 Å². The van der Waals surface area contributed by atoms with Gasteiger partial charge in [-0.2, -0.15) is 0 Å². The maximum atomic E-state index is 12.9. The molecule has 1 fully saturated rings. The molecule has 5 rings (SSSR count). The number of aryl methyl sites for hydroxylation is 2. The van der Waals surface area contributed by atoms with E-state index in [1.807, 2.05) is 67.6 Å². The minimum Gasteiger partial charge on any atom is -0.497 e. The second kappa shape index (κ2) is 11.3. The van der Waals surface area contributed by atoms with Crippen LogP contribution in [0.5, 0.6) is 5.75 Å². The Labute approximate surface area is 234 Å². The van der Waals surface area contributed by atoms with Crippen LogP contribution in [0.3, 0.4) is 0 Å². The molecule has 0 aliphatic carbocycles. The van der Waals surface area contributed by atoms with Gasteiger partial charge in [0.15, 0.2) is 5.11 Å². The summed E-state index contributed by atoms with van der Waals surface area (Å²) in [6, 6.07) is 23.7. The van der Waals surface area contributed by atoms with Crippen LogP contribution in [0, 0.1) is 20.8 Å². The fourth-order valence-electron chi connectivity index (χ4n) is 5.30. The van der Waals surface area contributed by atoms with Crippen molar-refractivity contribution in [3.8, 4) is 11.4 Å². The summed E-state index contributed by atoms with van der Waals surface area (Å²) in [6.07, 6.45) is 2.10. The number of methoxy groups -OCH3 is 1. The summed E-state index contributed by atoms with van der Waals surface area (Å²) in [5.74, 6) is 0.751. The lowest BCUT2D eigenvalue weighted by molar-refractivity contribution is -0.116. The van der Waals surface area contributed by atoms with Crippen LogP contribution >= 0.6 is 12.2 Å². The third-order valence-corrected chi connectivity index (χ3v) is 7.57. The van der Waals surface area contributed by atoms with Crippen molar-refractivity contribution >= 4 is 28.9 Å². The van der Waals surface area contributed by atoms with Gasteiger partial charge in [-0.1, -0.05) is 29.8 Å². The molecule has 2 aromatic carbocycles. The molecule has 8 heteroatoms. The van der Waals surface area contributed by atoms with Gasteiger partial charge < -0.3 is 24.8 Å². The molecular weight excluding hydrogens is 506 g/mol. The van der Waals surface area contributed by atoms with Crippen LogP contribution in [0.2, 0.25) is 0 Å². The van der Waals surface area contributed by atoms with Crippen LogP contribution in [0.4, 0.5) is 5.69 Å². The second-order valence-electron chi connectivity index (χ2n) is 9.85. The summed E-state index contributed by atoms with van der Waals surface area (Å²) in [5, 5.41) is 7.12. The van der Waals surface area contributed by atoms with Crippen molar-refractivity contribution in [2.45, 2.75) is 39.3 Å². The molecule has 2 aromatic heterocycles. The molecule has 2 N–H and O–H groups in total. The first-order valence-electron chi connectivity index (χ1n) is 13.0. The number of hydrogen-bond donors (Lipinski definition) is 2. The maximum Gasteiger partial charge on any atom is 0.226 e. The second-order valence-corrected chi connectivity index (χ2v) is 10.2. The summed E-state index contributed by atoms with van der Waals surface area (Å²) in [5.41, 5.74) is 7.22. The van der Waals surface area contributed by atoms with Gasteiger partial charge in [-0.15, -0.1) is 0 Å². The lowest BCUT2D eigenvalue weighted by Crippen LogP contribution is -2.32. The van der Waals surface area contributed by atoms with E-state index in [-0.39, 0.29) is 18.0 Å². The van der Waals surface area contributed by atoms with Gasteiger partial charge in [0.05, 0.1) is 24.9 Å². The number of carbonyl (C=O) groups excluding carboxylic acids is 1. The van der Waals surface area contributed by atoms with Crippen molar-refractivity contribution in [1.29, 1.82) is 0 Å². The highest BCUT2D eigenvalue weighted by molar-refractivity contribution is 7.80. The van der Waals surface area contributed by atoms with Gasteiger partial charge in [-0.25, -0.2) is 0 Å². The number of nitrogens with one attached hydrogen (secondary N) is 2. The highest BCUT2D eigenvalue weighted by atomic mass is 32.1. The number of aromatic nitrogens is 2. The molecule has 1 aliphatic heterocycles. The largest absolute Gasteiger partial charge is 0.497 e. The van der Waals surface area contributed by atoms with E-state index in [0.717, 1.165) is 45.3 Å². The Morgan fingerprint density at radius 3 is 2.56 bits per heavy atom.